The largest absolute Gasteiger partial charge is 0.377 e. The fourth-order valence-electron chi connectivity index (χ4n) is 2.76. The van der Waals surface area contributed by atoms with Gasteiger partial charge in [0.15, 0.2) is 15.8 Å². The Bertz CT molecular complexity index is 760. The van der Waals surface area contributed by atoms with Crippen LogP contribution in [0.4, 0.5) is 4.39 Å². The van der Waals surface area contributed by atoms with Crippen molar-refractivity contribution in [1.29, 1.82) is 0 Å². The van der Waals surface area contributed by atoms with Gasteiger partial charge >= 0.3 is 0 Å². The number of nitrogens with zero attached hydrogens (tertiary/aromatic N) is 2. The maximum atomic E-state index is 13.7. The molecule has 0 radical (unpaired) electrons. The summed E-state index contributed by atoms with van der Waals surface area (Å²) in [6, 6.07) is 4.12. The summed E-state index contributed by atoms with van der Waals surface area (Å²) in [7, 11) is 0.821. The summed E-state index contributed by atoms with van der Waals surface area (Å²) in [5, 5.41) is 6.42. The first-order chi connectivity index (χ1) is 13.6. The zero-order chi connectivity index (χ0) is 21.9. The Hall–Kier alpha value is -0.980. The molecule has 0 aliphatic rings. The molecule has 1 atom stereocenters. The van der Waals surface area contributed by atoms with E-state index in [1.807, 2.05) is 27.9 Å². The van der Waals surface area contributed by atoms with Crippen molar-refractivity contribution in [2.24, 2.45) is 4.99 Å². The predicted molar refractivity (Wildman–Crippen MR) is 132 cm³/mol. The van der Waals surface area contributed by atoms with Crippen molar-refractivity contribution >= 4 is 39.8 Å². The van der Waals surface area contributed by atoms with Gasteiger partial charge in [0.1, 0.15) is 5.82 Å². The second kappa shape index (κ2) is 14.9. The summed E-state index contributed by atoms with van der Waals surface area (Å²) >= 11 is 0. The lowest BCUT2D eigenvalue weighted by Gasteiger charge is -2.21. The van der Waals surface area contributed by atoms with Crippen LogP contribution in [-0.4, -0.2) is 72.0 Å². The topological polar surface area (TPSA) is 83.0 Å². The van der Waals surface area contributed by atoms with E-state index >= 15 is 0 Å². The Morgan fingerprint density at radius 2 is 1.93 bits per heavy atom. The minimum atomic E-state index is -3.23. The van der Waals surface area contributed by atoms with Crippen LogP contribution in [0.25, 0.3) is 0 Å². The van der Waals surface area contributed by atoms with E-state index in [0.29, 0.717) is 36.8 Å². The summed E-state index contributed by atoms with van der Waals surface area (Å²) in [5.74, 6) is 0.0288. The second-order valence-corrected chi connectivity index (χ2v) is 9.37. The predicted octanol–water partition coefficient (Wildman–Crippen LogP) is 2.40. The van der Waals surface area contributed by atoms with Gasteiger partial charge in [-0.3, -0.25) is 0 Å². The smallest absolute Gasteiger partial charge is 0.191 e. The summed E-state index contributed by atoms with van der Waals surface area (Å²) in [6.07, 6.45) is 2.09. The molecular weight excluding hydrogens is 522 g/mol. The number of nitrogens with one attached hydrogen (secondary N) is 2. The number of benzene rings is 1. The minimum Gasteiger partial charge on any atom is -0.377 e. The Morgan fingerprint density at radius 1 is 1.23 bits per heavy atom. The quantitative estimate of drug-likeness (QED) is 0.233. The molecule has 0 spiro atoms. The van der Waals surface area contributed by atoms with Crippen LogP contribution in [-0.2, 0) is 26.9 Å². The number of halogens is 2. The lowest BCUT2D eigenvalue weighted by atomic mass is 10.1. The van der Waals surface area contributed by atoms with Crippen LogP contribution in [0.15, 0.2) is 23.2 Å². The van der Waals surface area contributed by atoms with E-state index in [4.69, 9.17) is 4.74 Å². The summed E-state index contributed by atoms with van der Waals surface area (Å²) in [6.45, 7) is 6.91. The Morgan fingerprint density at radius 3 is 2.50 bits per heavy atom. The van der Waals surface area contributed by atoms with Crippen LogP contribution in [0.1, 0.15) is 31.4 Å². The van der Waals surface area contributed by atoms with Crippen molar-refractivity contribution in [1.82, 2.24) is 15.5 Å². The molecule has 7 nitrogen and oxygen atoms in total. The first-order valence-corrected chi connectivity index (χ1v) is 11.9. The molecule has 10 heteroatoms. The fourth-order valence-corrected chi connectivity index (χ4v) is 3.61. The van der Waals surface area contributed by atoms with E-state index in [9.17, 15) is 12.8 Å². The molecule has 0 aliphatic heterocycles. The van der Waals surface area contributed by atoms with Crippen molar-refractivity contribution < 1.29 is 17.5 Å². The molecule has 1 unspecified atom stereocenters. The SMILES string of the molecule is CCNC(=NCc1cc(F)ccc1CS(C)(=O)=O)NCC(CCN(C)C)OCC.I. The number of guanidine groups is 1. The summed E-state index contributed by atoms with van der Waals surface area (Å²) in [4.78, 5) is 6.62. The first kappa shape index (κ1) is 29.0. The number of rotatable bonds is 12. The molecule has 0 heterocycles. The molecule has 0 fully saturated rings. The van der Waals surface area contributed by atoms with Crippen molar-refractivity contribution in [3.63, 3.8) is 0 Å². The van der Waals surface area contributed by atoms with Crippen molar-refractivity contribution in [3.8, 4) is 0 Å². The first-order valence-electron chi connectivity index (χ1n) is 9.88. The highest BCUT2D eigenvalue weighted by Crippen LogP contribution is 2.15. The van der Waals surface area contributed by atoms with Gasteiger partial charge in [0.05, 0.1) is 18.4 Å². The highest BCUT2D eigenvalue weighted by molar-refractivity contribution is 14.0. The van der Waals surface area contributed by atoms with Gasteiger partial charge in [-0.25, -0.2) is 17.8 Å². The van der Waals surface area contributed by atoms with Crippen LogP contribution in [0.2, 0.25) is 0 Å². The van der Waals surface area contributed by atoms with Gasteiger partial charge in [-0.15, -0.1) is 24.0 Å². The van der Waals surface area contributed by atoms with Crippen LogP contribution in [0, 0.1) is 5.82 Å². The normalized spacial score (nSPS) is 13.1. The van der Waals surface area contributed by atoms with E-state index < -0.39 is 15.7 Å². The van der Waals surface area contributed by atoms with Crippen LogP contribution >= 0.6 is 24.0 Å². The Labute approximate surface area is 197 Å². The van der Waals surface area contributed by atoms with Gasteiger partial charge in [0.2, 0.25) is 0 Å². The van der Waals surface area contributed by atoms with Crippen molar-refractivity contribution in [3.05, 3.63) is 35.1 Å². The second-order valence-electron chi connectivity index (χ2n) is 7.23. The lowest BCUT2D eigenvalue weighted by Crippen LogP contribution is -2.42. The lowest BCUT2D eigenvalue weighted by molar-refractivity contribution is 0.0548. The van der Waals surface area contributed by atoms with E-state index in [1.165, 1.54) is 18.2 Å². The Kier molecular flexibility index (Phi) is 14.4. The fraction of sp³-hybridized carbons (Fsp3) is 0.650. The zero-order valence-corrected chi connectivity index (χ0v) is 21.7. The zero-order valence-electron chi connectivity index (χ0n) is 18.6. The number of hydrogen-bond acceptors (Lipinski definition) is 5. The third kappa shape index (κ3) is 12.7. The van der Waals surface area contributed by atoms with Crippen LogP contribution in [0.5, 0.6) is 0 Å². The molecule has 0 saturated carbocycles. The molecular formula is C20H36FIN4O3S. The molecule has 0 bridgehead atoms. The van der Waals surface area contributed by atoms with Gasteiger partial charge < -0.3 is 20.3 Å². The maximum Gasteiger partial charge on any atom is 0.191 e. The molecule has 30 heavy (non-hydrogen) atoms. The summed E-state index contributed by atoms with van der Waals surface area (Å²) < 4.78 is 42.8. The molecule has 1 rings (SSSR count). The number of sulfone groups is 1. The molecule has 0 aliphatic carbocycles. The van der Waals surface area contributed by atoms with Gasteiger partial charge in [0, 0.05) is 32.5 Å². The number of ether oxygens (including phenoxy) is 1. The third-order valence-corrected chi connectivity index (χ3v) is 4.97. The summed E-state index contributed by atoms with van der Waals surface area (Å²) in [5.41, 5.74) is 1.12. The average Bonchev–Trinajstić information content (AvgIpc) is 2.62. The number of aliphatic imine (C=N–C) groups is 1. The highest BCUT2D eigenvalue weighted by atomic mass is 127. The van der Waals surface area contributed by atoms with Crippen LogP contribution < -0.4 is 10.6 Å². The van der Waals surface area contributed by atoms with Gasteiger partial charge in [-0.2, -0.15) is 0 Å². The highest BCUT2D eigenvalue weighted by Gasteiger charge is 2.12. The molecule has 0 saturated heterocycles. The van der Waals surface area contributed by atoms with Crippen LogP contribution in [0.3, 0.4) is 0 Å². The van der Waals surface area contributed by atoms with Gasteiger partial charge in [-0.1, -0.05) is 6.07 Å². The number of hydrogen-bond donors (Lipinski definition) is 2. The Balaban J connectivity index is 0.00000841. The standard InChI is InChI=1S/C20H35FN4O3S.HI/c1-6-22-20(24-14-19(28-7-2)10-11-25(3)4)23-13-17-12-18(21)9-8-16(17)15-29(5,26)27;/h8-9,12,19H,6-7,10-11,13-15H2,1-5H3,(H2,22,23,24);1H. The molecule has 0 aromatic heterocycles. The molecule has 2 N–H and O–H groups in total. The van der Waals surface area contributed by atoms with E-state index in [2.05, 4.69) is 20.5 Å². The maximum absolute atomic E-state index is 13.7. The minimum absolute atomic E-state index is 0. The molecule has 1 aromatic carbocycles. The molecule has 0 amide bonds. The van der Waals surface area contributed by atoms with E-state index in [0.717, 1.165) is 19.2 Å². The van der Waals surface area contributed by atoms with Gasteiger partial charge in [0.25, 0.3) is 0 Å². The third-order valence-electron chi connectivity index (χ3n) is 4.14. The average molecular weight is 559 g/mol. The molecule has 174 valence electrons. The van der Waals surface area contributed by atoms with Gasteiger partial charge in [-0.05, 0) is 57.6 Å². The monoisotopic (exact) mass is 558 g/mol. The van der Waals surface area contributed by atoms with E-state index in [-0.39, 0.29) is 42.4 Å². The molecule has 1 aromatic rings. The van der Waals surface area contributed by atoms with Crippen molar-refractivity contribution in [2.45, 2.75) is 38.7 Å². The van der Waals surface area contributed by atoms with Crippen molar-refractivity contribution in [2.75, 3.05) is 46.6 Å². The van der Waals surface area contributed by atoms with E-state index in [1.54, 1.807) is 0 Å².